The van der Waals surface area contributed by atoms with Crippen LogP contribution in [0.25, 0.3) is 34.3 Å². The standard InChI is InChI=1S/C23H24N6O2/c1-13(2)29-12-18(9-10-20(29)30)19-11-25-15(4)21(26-19)23-28-27-22(31-23)17-7-5-16(6-8-17)14(3)24/h5-14H,24H2,1-4H3/t14-/m0/s1. The summed E-state index contributed by atoms with van der Waals surface area (Å²) in [4.78, 5) is 21.2. The maximum atomic E-state index is 12.1. The zero-order valence-electron chi connectivity index (χ0n) is 17.9. The Balaban J connectivity index is 1.70. The molecule has 8 nitrogen and oxygen atoms in total. The SMILES string of the molecule is Cc1ncc(-c2ccc(=O)n(C(C)C)c2)nc1-c1nnc(-c2ccc([C@H](C)N)cc2)o1. The smallest absolute Gasteiger partial charge is 0.268 e. The first kappa shape index (κ1) is 20.6. The van der Waals surface area contributed by atoms with Crippen LogP contribution in [-0.4, -0.2) is 24.7 Å². The van der Waals surface area contributed by atoms with Gasteiger partial charge in [0.2, 0.25) is 5.89 Å². The van der Waals surface area contributed by atoms with Gasteiger partial charge in [-0.05, 0) is 51.5 Å². The Morgan fingerprint density at radius 3 is 2.32 bits per heavy atom. The van der Waals surface area contributed by atoms with Crippen molar-refractivity contribution < 1.29 is 4.42 Å². The number of hydrogen-bond acceptors (Lipinski definition) is 7. The van der Waals surface area contributed by atoms with Crippen molar-refractivity contribution in [3.63, 3.8) is 0 Å². The molecular formula is C23H24N6O2. The van der Waals surface area contributed by atoms with Gasteiger partial charge in [0, 0.05) is 35.5 Å². The molecule has 0 unspecified atom stereocenters. The molecule has 3 aromatic heterocycles. The van der Waals surface area contributed by atoms with Crippen molar-refractivity contribution in [1.29, 1.82) is 0 Å². The highest BCUT2D eigenvalue weighted by Gasteiger charge is 2.17. The first-order chi connectivity index (χ1) is 14.8. The molecule has 4 aromatic rings. The third-order valence-electron chi connectivity index (χ3n) is 5.06. The van der Waals surface area contributed by atoms with Gasteiger partial charge in [0.1, 0.15) is 5.69 Å². The van der Waals surface area contributed by atoms with Crippen molar-refractivity contribution in [3.8, 4) is 34.3 Å². The molecule has 31 heavy (non-hydrogen) atoms. The number of nitrogens with two attached hydrogens (primary N) is 1. The van der Waals surface area contributed by atoms with Crippen LogP contribution in [0, 0.1) is 6.92 Å². The molecular weight excluding hydrogens is 392 g/mol. The predicted octanol–water partition coefficient (Wildman–Crippen LogP) is 3.93. The Hall–Kier alpha value is -3.65. The van der Waals surface area contributed by atoms with Gasteiger partial charge < -0.3 is 14.7 Å². The molecule has 0 amide bonds. The summed E-state index contributed by atoms with van der Waals surface area (Å²) in [6.07, 6.45) is 3.46. The van der Waals surface area contributed by atoms with Gasteiger partial charge in [0.25, 0.3) is 11.4 Å². The maximum absolute atomic E-state index is 12.1. The summed E-state index contributed by atoms with van der Waals surface area (Å²) in [5, 5.41) is 8.35. The summed E-state index contributed by atoms with van der Waals surface area (Å²) in [6.45, 7) is 7.68. The monoisotopic (exact) mass is 416 g/mol. The van der Waals surface area contributed by atoms with Crippen LogP contribution in [0.15, 0.2) is 58.0 Å². The predicted molar refractivity (Wildman–Crippen MR) is 118 cm³/mol. The van der Waals surface area contributed by atoms with Crippen LogP contribution < -0.4 is 11.3 Å². The van der Waals surface area contributed by atoms with Gasteiger partial charge >= 0.3 is 0 Å². The average molecular weight is 416 g/mol. The van der Waals surface area contributed by atoms with Crippen molar-refractivity contribution in [2.75, 3.05) is 0 Å². The number of hydrogen-bond donors (Lipinski definition) is 1. The molecule has 1 aromatic carbocycles. The van der Waals surface area contributed by atoms with E-state index >= 15 is 0 Å². The topological polar surface area (TPSA) is 113 Å². The van der Waals surface area contributed by atoms with Gasteiger partial charge in [0.15, 0.2) is 0 Å². The number of nitrogens with zero attached hydrogens (tertiary/aromatic N) is 5. The maximum Gasteiger partial charge on any atom is 0.268 e. The molecule has 0 aliphatic rings. The van der Waals surface area contributed by atoms with Crippen molar-refractivity contribution in [1.82, 2.24) is 24.7 Å². The number of rotatable bonds is 5. The fourth-order valence-corrected chi connectivity index (χ4v) is 3.21. The van der Waals surface area contributed by atoms with E-state index in [1.165, 1.54) is 6.07 Å². The largest absolute Gasteiger partial charge is 0.415 e. The fraction of sp³-hybridized carbons (Fsp3) is 0.261. The fourth-order valence-electron chi connectivity index (χ4n) is 3.21. The van der Waals surface area contributed by atoms with E-state index < -0.39 is 0 Å². The lowest BCUT2D eigenvalue weighted by Crippen LogP contribution is -2.20. The van der Waals surface area contributed by atoms with E-state index in [1.54, 1.807) is 23.0 Å². The van der Waals surface area contributed by atoms with E-state index in [-0.39, 0.29) is 23.5 Å². The highest BCUT2D eigenvalue weighted by Crippen LogP contribution is 2.27. The van der Waals surface area contributed by atoms with E-state index in [1.807, 2.05) is 52.0 Å². The zero-order chi connectivity index (χ0) is 22.1. The van der Waals surface area contributed by atoms with E-state index in [2.05, 4.69) is 15.2 Å². The highest BCUT2D eigenvalue weighted by atomic mass is 16.4. The third kappa shape index (κ3) is 4.15. The second-order valence-electron chi connectivity index (χ2n) is 7.77. The van der Waals surface area contributed by atoms with Gasteiger partial charge in [-0.3, -0.25) is 9.78 Å². The lowest BCUT2D eigenvalue weighted by Gasteiger charge is -2.11. The molecule has 0 radical (unpaired) electrons. The molecule has 0 saturated heterocycles. The van der Waals surface area contributed by atoms with Crippen LogP contribution in [0.4, 0.5) is 0 Å². The lowest BCUT2D eigenvalue weighted by atomic mass is 10.1. The molecule has 4 rings (SSSR count). The van der Waals surface area contributed by atoms with E-state index in [0.717, 1.165) is 16.7 Å². The quantitative estimate of drug-likeness (QED) is 0.524. The summed E-state index contributed by atoms with van der Waals surface area (Å²) < 4.78 is 7.56. The van der Waals surface area contributed by atoms with Crippen molar-refractivity contribution >= 4 is 0 Å². The molecule has 0 spiro atoms. The Labute approximate surface area is 179 Å². The molecule has 0 saturated carbocycles. The van der Waals surface area contributed by atoms with Crippen LogP contribution in [0.2, 0.25) is 0 Å². The van der Waals surface area contributed by atoms with Gasteiger partial charge in [0.05, 0.1) is 17.6 Å². The van der Waals surface area contributed by atoms with Crippen LogP contribution in [0.1, 0.15) is 44.1 Å². The summed E-state index contributed by atoms with van der Waals surface area (Å²) in [5.41, 5.74) is 10.3. The van der Waals surface area contributed by atoms with E-state index in [4.69, 9.17) is 15.1 Å². The minimum Gasteiger partial charge on any atom is -0.415 e. The van der Waals surface area contributed by atoms with Crippen molar-refractivity contribution in [3.05, 3.63) is 70.4 Å². The molecule has 0 fully saturated rings. The van der Waals surface area contributed by atoms with Gasteiger partial charge in [-0.2, -0.15) is 0 Å². The summed E-state index contributed by atoms with van der Waals surface area (Å²) >= 11 is 0. The molecule has 3 heterocycles. The minimum atomic E-state index is -0.0596. The van der Waals surface area contributed by atoms with Crippen LogP contribution in [0.3, 0.4) is 0 Å². The Bertz CT molecular complexity index is 1270. The van der Waals surface area contributed by atoms with Crippen LogP contribution in [-0.2, 0) is 0 Å². The van der Waals surface area contributed by atoms with Crippen molar-refractivity contribution in [2.24, 2.45) is 5.73 Å². The van der Waals surface area contributed by atoms with Gasteiger partial charge in [-0.1, -0.05) is 12.1 Å². The second kappa shape index (κ2) is 8.23. The highest BCUT2D eigenvalue weighted by molar-refractivity contribution is 5.63. The molecule has 0 bridgehead atoms. The summed E-state index contributed by atoms with van der Waals surface area (Å²) in [7, 11) is 0. The summed E-state index contributed by atoms with van der Waals surface area (Å²) in [6, 6.07) is 11.0. The van der Waals surface area contributed by atoms with Gasteiger partial charge in [-0.25, -0.2) is 4.98 Å². The zero-order valence-corrected chi connectivity index (χ0v) is 17.9. The van der Waals surface area contributed by atoms with E-state index in [0.29, 0.717) is 23.0 Å². The number of aryl methyl sites for hydroxylation is 1. The molecule has 2 N–H and O–H groups in total. The molecule has 158 valence electrons. The number of aromatic nitrogens is 5. The minimum absolute atomic E-state index is 0.0393. The molecule has 8 heteroatoms. The number of pyridine rings is 1. The average Bonchev–Trinajstić information content (AvgIpc) is 3.24. The molecule has 0 aliphatic carbocycles. The lowest BCUT2D eigenvalue weighted by molar-refractivity contribution is 0.578. The molecule has 1 atom stereocenters. The Kier molecular flexibility index (Phi) is 5.48. The second-order valence-corrected chi connectivity index (χ2v) is 7.77. The molecule has 0 aliphatic heterocycles. The van der Waals surface area contributed by atoms with Crippen LogP contribution >= 0.6 is 0 Å². The Morgan fingerprint density at radius 1 is 0.968 bits per heavy atom. The number of benzene rings is 1. The Morgan fingerprint density at radius 2 is 1.65 bits per heavy atom. The first-order valence-electron chi connectivity index (χ1n) is 10.1. The van der Waals surface area contributed by atoms with E-state index in [9.17, 15) is 4.79 Å². The normalized spacial score (nSPS) is 12.3. The van der Waals surface area contributed by atoms with Gasteiger partial charge in [-0.15, -0.1) is 10.2 Å². The summed E-state index contributed by atoms with van der Waals surface area (Å²) in [5.74, 6) is 0.682. The third-order valence-corrected chi connectivity index (χ3v) is 5.06. The van der Waals surface area contributed by atoms with Crippen molar-refractivity contribution in [2.45, 2.75) is 39.8 Å². The van der Waals surface area contributed by atoms with Crippen LogP contribution in [0.5, 0.6) is 0 Å². The first-order valence-corrected chi connectivity index (χ1v) is 10.1.